The predicted octanol–water partition coefficient (Wildman–Crippen LogP) is 2.35. The van der Waals surface area contributed by atoms with Crippen molar-refractivity contribution in [2.24, 2.45) is 0 Å². The van der Waals surface area contributed by atoms with Gasteiger partial charge in [0.15, 0.2) is 0 Å². The van der Waals surface area contributed by atoms with Crippen molar-refractivity contribution in [3.8, 4) is 11.5 Å². The van der Waals surface area contributed by atoms with E-state index in [0.29, 0.717) is 12.4 Å². The fraction of sp³-hybridized carbons (Fsp3) is 0.182. The van der Waals surface area contributed by atoms with Gasteiger partial charge in [-0.15, -0.1) is 5.10 Å². The fourth-order valence-corrected chi connectivity index (χ4v) is 2.18. The van der Waals surface area contributed by atoms with Gasteiger partial charge in [0.2, 0.25) is 5.89 Å². The van der Waals surface area contributed by atoms with Crippen molar-refractivity contribution in [1.82, 2.24) is 20.0 Å². The Labute approximate surface area is 102 Å². The molecule has 6 heteroatoms. The van der Waals surface area contributed by atoms with Crippen molar-refractivity contribution in [2.45, 2.75) is 13.5 Å². The summed E-state index contributed by atoms with van der Waals surface area (Å²) in [6.45, 7) is 2.49. The Balaban J connectivity index is 1.91. The molecule has 17 heavy (non-hydrogen) atoms. The smallest absolute Gasteiger partial charge is 0.227 e. The summed E-state index contributed by atoms with van der Waals surface area (Å²) >= 11 is 1.63. The van der Waals surface area contributed by atoms with Gasteiger partial charge in [-0.1, -0.05) is 5.21 Å². The van der Waals surface area contributed by atoms with Crippen LogP contribution >= 0.6 is 11.3 Å². The Morgan fingerprint density at radius 2 is 2.41 bits per heavy atom. The van der Waals surface area contributed by atoms with E-state index in [-0.39, 0.29) is 0 Å². The molecule has 0 N–H and O–H groups in total. The van der Waals surface area contributed by atoms with Gasteiger partial charge in [-0.05, 0) is 18.4 Å². The molecule has 3 rings (SSSR count). The van der Waals surface area contributed by atoms with Crippen LogP contribution in [-0.4, -0.2) is 20.0 Å². The van der Waals surface area contributed by atoms with Crippen LogP contribution in [0.25, 0.3) is 11.5 Å². The van der Waals surface area contributed by atoms with E-state index in [0.717, 1.165) is 17.0 Å². The van der Waals surface area contributed by atoms with Crippen LogP contribution < -0.4 is 0 Å². The third-order valence-electron chi connectivity index (χ3n) is 2.44. The lowest BCUT2D eigenvalue weighted by Gasteiger charge is -1.95. The van der Waals surface area contributed by atoms with E-state index in [4.69, 9.17) is 4.42 Å². The normalized spacial score (nSPS) is 10.9. The van der Waals surface area contributed by atoms with Crippen LogP contribution in [0.4, 0.5) is 0 Å². The molecular formula is C11H10N4OS. The van der Waals surface area contributed by atoms with E-state index in [9.17, 15) is 0 Å². The quantitative estimate of drug-likeness (QED) is 0.711. The molecule has 0 aromatic carbocycles. The lowest BCUT2D eigenvalue weighted by molar-refractivity contribution is 0.535. The number of thiophene rings is 1. The summed E-state index contributed by atoms with van der Waals surface area (Å²) in [6.07, 6.45) is 3.45. The molecular weight excluding hydrogens is 236 g/mol. The minimum Gasteiger partial charge on any atom is -0.441 e. The molecule has 0 amide bonds. The van der Waals surface area contributed by atoms with Gasteiger partial charge < -0.3 is 4.42 Å². The van der Waals surface area contributed by atoms with E-state index in [2.05, 4.69) is 15.3 Å². The van der Waals surface area contributed by atoms with Crippen LogP contribution in [-0.2, 0) is 6.54 Å². The van der Waals surface area contributed by atoms with E-state index in [1.807, 2.05) is 23.8 Å². The van der Waals surface area contributed by atoms with Crippen molar-refractivity contribution in [3.05, 3.63) is 40.7 Å². The van der Waals surface area contributed by atoms with Gasteiger partial charge in [0.1, 0.15) is 11.5 Å². The van der Waals surface area contributed by atoms with Crippen molar-refractivity contribution in [3.63, 3.8) is 0 Å². The minimum absolute atomic E-state index is 0.583. The van der Waals surface area contributed by atoms with Gasteiger partial charge in [0, 0.05) is 17.1 Å². The van der Waals surface area contributed by atoms with E-state index >= 15 is 0 Å². The van der Waals surface area contributed by atoms with Crippen molar-refractivity contribution in [1.29, 1.82) is 0 Å². The first-order valence-electron chi connectivity index (χ1n) is 5.16. The second-order valence-corrected chi connectivity index (χ2v) is 4.41. The Bertz CT molecular complexity index is 598. The summed E-state index contributed by atoms with van der Waals surface area (Å²) in [6, 6.07) is 2.00. The number of hydrogen-bond acceptors (Lipinski definition) is 5. The van der Waals surface area contributed by atoms with E-state index in [1.165, 1.54) is 0 Å². The molecule has 3 aromatic rings. The third kappa shape index (κ3) is 1.99. The number of hydrogen-bond donors (Lipinski definition) is 0. The average Bonchev–Trinajstić information content (AvgIpc) is 3.02. The van der Waals surface area contributed by atoms with Crippen LogP contribution in [0, 0.1) is 6.92 Å². The van der Waals surface area contributed by atoms with Gasteiger partial charge >= 0.3 is 0 Å². The fourth-order valence-electron chi connectivity index (χ4n) is 1.55. The SMILES string of the molecule is Cc1oc(-c2ccsc2)nc1Cn1ccnn1. The van der Waals surface area contributed by atoms with Crippen LogP contribution in [0.1, 0.15) is 11.5 Å². The molecule has 3 aromatic heterocycles. The third-order valence-corrected chi connectivity index (χ3v) is 3.13. The van der Waals surface area contributed by atoms with Gasteiger partial charge in [0.25, 0.3) is 0 Å². The van der Waals surface area contributed by atoms with Gasteiger partial charge in [-0.25, -0.2) is 9.67 Å². The van der Waals surface area contributed by atoms with Crippen LogP contribution in [0.15, 0.2) is 33.6 Å². The van der Waals surface area contributed by atoms with Gasteiger partial charge in [-0.3, -0.25) is 0 Å². The van der Waals surface area contributed by atoms with Gasteiger partial charge in [-0.2, -0.15) is 11.3 Å². The lowest BCUT2D eigenvalue weighted by atomic mass is 10.3. The highest BCUT2D eigenvalue weighted by Gasteiger charge is 2.12. The molecule has 0 atom stereocenters. The molecule has 0 bridgehead atoms. The Morgan fingerprint density at radius 1 is 1.47 bits per heavy atom. The molecule has 0 aliphatic heterocycles. The first-order valence-corrected chi connectivity index (χ1v) is 6.10. The molecule has 0 spiro atoms. The number of rotatable bonds is 3. The van der Waals surface area contributed by atoms with E-state index in [1.54, 1.807) is 28.4 Å². The average molecular weight is 246 g/mol. The maximum atomic E-state index is 5.64. The van der Waals surface area contributed by atoms with Crippen LogP contribution in [0.2, 0.25) is 0 Å². The van der Waals surface area contributed by atoms with Crippen LogP contribution in [0.3, 0.4) is 0 Å². The molecule has 86 valence electrons. The highest BCUT2D eigenvalue weighted by atomic mass is 32.1. The molecule has 0 aliphatic rings. The largest absolute Gasteiger partial charge is 0.441 e. The first-order chi connectivity index (χ1) is 8.33. The lowest BCUT2D eigenvalue weighted by Crippen LogP contribution is -2.02. The zero-order valence-corrected chi connectivity index (χ0v) is 10.0. The summed E-state index contributed by atoms with van der Waals surface area (Å²) in [5, 5.41) is 11.7. The minimum atomic E-state index is 0.583. The Morgan fingerprint density at radius 3 is 3.12 bits per heavy atom. The highest BCUT2D eigenvalue weighted by molar-refractivity contribution is 7.08. The van der Waals surface area contributed by atoms with Gasteiger partial charge in [0.05, 0.1) is 12.7 Å². The standard InChI is InChI=1S/C11H10N4OS/c1-8-10(6-15-4-3-12-14-15)13-11(16-8)9-2-5-17-7-9/h2-5,7H,6H2,1H3. The number of aromatic nitrogens is 4. The van der Waals surface area contributed by atoms with Crippen molar-refractivity contribution >= 4 is 11.3 Å². The summed E-state index contributed by atoms with van der Waals surface area (Å²) in [7, 11) is 0. The zero-order valence-electron chi connectivity index (χ0n) is 9.20. The zero-order chi connectivity index (χ0) is 11.7. The monoisotopic (exact) mass is 246 g/mol. The van der Waals surface area contributed by atoms with E-state index < -0.39 is 0 Å². The Hall–Kier alpha value is -1.95. The maximum Gasteiger partial charge on any atom is 0.227 e. The molecule has 0 radical (unpaired) electrons. The molecule has 5 nitrogen and oxygen atoms in total. The van der Waals surface area contributed by atoms with Crippen molar-refractivity contribution in [2.75, 3.05) is 0 Å². The highest BCUT2D eigenvalue weighted by Crippen LogP contribution is 2.23. The molecule has 0 fully saturated rings. The molecule has 0 unspecified atom stereocenters. The number of aryl methyl sites for hydroxylation is 1. The topological polar surface area (TPSA) is 56.7 Å². The molecule has 0 saturated heterocycles. The van der Waals surface area contributed by atoms with Crippen molar-refractivity contribution < 1.29 is 4.42 Å². The first kappa shape index (κ1) is 10.2. The summed E-state index contributed by atoms with van der Waals surface area (Å²) < 4.78 is 7.37. The molecule has 0 saturated carbocycles. The van der Waals surface area contributed by atoms with Crippen LogP contribution in [0.5, 0.6) is 0 Å². The number of oxazole rings is 1. The summed E-state index contributed by atoms with van der Waals surface area (Å²) in [4.78, 5) is 4.48. The molecule has 3 heterocycles. The second kappa shape index (κ2) is 4.14. The summed E-state index contributed by atoms with van der Waals surface area (Å²) in [5.74, 6) is 1.49. The summed E-state index contributed by atoms with van der Waals surface area (Å²) in [5.41, 5.74) is 1.90. The maximum absolute atomic E-state index is 5.64. The Kier molecular flexibility index (Phi) is 2.49. The molecule has 0 aliphatic carbocycles. The number of nitrogens with zero attached hydrogens (tertiary/aromatic N) is 4. The predicted molar refractivity (Wildman–Crippen MR) is 63.7 cm³/mol. The second-order valence-electron chi connectivity index (χ2n) is 3.63.